The average molecular weight is 340 g/mol. The minimum Gasteiger partial charge on any atom is -0.376 e. The zero-order valence-corrected chi connectivity index (χ0v) is 16.2. The second-order valence-electron chi connectivity index (χ2n) is 9.09. The summed E-state index contributed by atoms with van der Waals surface area (Å²) in [6.07, 6.45) is 7.49. The lowest BCUT2D eigenvalue weighted by Crippen LogP contribution is -2.43. The highest BCUT2D eigenvalue weighted by atomic mass is 16.7. The lowest BCUT2D eigenvalue weighted by atomic mass is 9.71. The highest BCUT2D eigenvalue weighted by Gasteiger charge is 2.45. The van der Waals surface area contributed by atoms with Crippen LogP contribution < -0.4 is 0 Å². The van der Waals surface area contributed by atoms with Gasteiger partial charge in [0.1, 0.15) is 0 Å². The smallest absolute Gasteiger partial charge is 0.168 e. The molecule has 3 fully saturated rings. The fraction of sp³-hybridized carbons (Fsp3) is 1.00. The fourth-order valence-corrected chi connectivity index (χ4v) is 4.50. The number of morpholine rings is 1. The van der Waals surface area contributed by atoms with Crippen LogP contribution in [0.15, 0.2) is 0 Å². The molecular formula is C20H37NO3. The molecule has 2 atom stereocenters. The van der Waals surface area contributed by atoms with Gasteiger partial charge in [0.2, 0.25) is 0 Å². The summed E-state index contributed by atoms with van der Waals surface area (Å²) >= 11 is 0. The third-order valence-corrected chi connectivity index (χ3v) is 6.33. The van der Waals surface area contributed by atoms with Crippen molar-refractivity contribution in [3.05, 3.63) is 0 Å². The lowest BCUT2D eigenvalue weighted by molar-refractivity contribution is -0.197. The number of hydrogen-bond acceptors (Lipinski definition) is 4. The molecule has 24 heavy (non-hydrogen) atoms. The van der Waals surface area contributed by atoms with Gasteiger partial charge in [-0.3, -0.25) is 4.90 Å². The number of nitrogens with zero attached hydrogens (tertiary/aromatic N) is 1. The molecule has 140 valence electrons. The summed E-state index contributed by atoms with van der Waals surface area (Å²) in [7, 11) is 0. The Labute approximate surface area is 148 Å². The Balaban J connectivity index is 1.41. The van der Waals surface area contributed by atoms with Crippen molar-refractivity contribution >= 4 is 0 Å². The van der Waals surface area contributed by atoms with E-state index in [-0.39, 0.29) is 11.9 Å². The predicted octanol–water partition coefficient (Wildman–Crippen LogP) is 3.84. The largest absolute Gasteiger partial charge is 0.376 e. The van der Waals surface area contributed by atoms with Gasteiger partial charge in [-0.25, -0.2) is 0 Å². The molecule has 3 aliphatic rings. The Morgan fingerprint density at radius 1 is 1.12 bits per heavy atom. The highest BCUT2D eigenvalue weighted by molar-refractivity contribution is 4.89. The summed E-state index contributed by atoms with van der Waals surface area (Å²) in [5.41, 5.74) is 0.408. The summed E-state index contributed by atoms with van der Waals surface area (Å²) in [5.74, 6) is 0.539. The van der Waals surface area contributed by atoms with Gasteiger partial charge in [0.05, 0.1) is 25.4 Å². The molecular weight excluding hydrogens is 302 g/mol. The van der Waals surface area contributed by atoms with Crippen LogP contribution in [0.25, 0.3) is 0 Å². The van der Waals surface area contributed by atoms with Crippen LogP contribution in [0.3, 0.4) is 0 Å². The summed E-state index contributed by atoms with van der Waals surface area (Å²) in [6, 6.07) is 0. The van der Waals surface area contributed by atoms with Gasteiger partial charge in [0, 0.05) is 32.5 Å². The zero-order chi connectivity index (χ0) is 17.2. The minimum absolute atomic E-state index is 0.261. The van der Waals surface area contributed by atoms with Crippen molar-refractivity contribution in [3.63, 3.8) is 0 Å². The van der Waals surface area contributed by atoms with E-state index >= 15 is 0 Å². The predicted molar refractivity (Wildman–Crippen MR) is 96.1 cm³/mol. The Bertz CT molecular complexity index is 398. The maximum absolute atomic E-state index is 6.41. The van der Waals surface area contributed by atoms with Gasteiger partial charge >= 0.3 is 0 Å². The molecule has 2 saturated heterocycles. The average Bonchev–Trinajstić information content (AvgIpc) is 2.95. The second-order valence-corrected chi connectivity index (χ2v) is 9.09. The van der Waals surface area contributed by atoms with E-state index in [4.69, 9.17) is 14.2 Å². The molecule has 4 heteroatoms. The molecule has 1 spiro atoms. The van der Waals surface area contributed by atoms with Gasteiger partial charge in [-0.15, -0.1) is 0 Å². The van der Waals surface area contributed by atoms with Crippen molar-refractivity contribution in [2.45, 2.75) is 84.2 Å². The standard InChI is InChI=1S/C20H37NO3/c1-5-17-14-21(12-13-22-17)11-8-18-15-23-20(24-18)9-6-16(7-10-20)19(2,3)4/h16-18H,5-15H2,1-4H3. The van der Waals surface area contributed by atoms with E-state index in [2.05, 4.69) is 32.6 Å². The van der Waals surface area contributed by atoms with Crippen molar-refractivity contribution in [1.82, 2.24) is 4.90 Å². The first-order valence-corrected chi connectivity index (χ1v) is 10.1. The molecule has 2 heterocycles. The van der Waals surface area contributed by atoms with Gasteiger partial charge in [0.15, 0.2) is 5.79 Å². The van der Waals surface area contributed by atoms with E-state index in [0.717, 1.165) is 64.4 Å². The van der Waals surface area contributed by atoms with Crippen LogP contribution in [0.2, 0.25) is 0 Å². The quantitative estimate of drug-likeness (QED) is 0.779. The van der Waals surface area contributed by atoms with Crippen molar-refractivity contribution in [3.8, 4) is 0 Å². The van der Waals surface area contributed by atoms with Crippen LogP contribution in [-0.2, 0) is 14.2 Å². The van der Waals surface area contributed by atoms with Gasteiger partial charge in [-0.05, 0) is 37.0 Å². The van der Waals surface area contributed by atoms with Crippen LogP contribution in [0.1, 0.15) is 66.2 Å². The van der Waals surface area contributed by atoms with Crippen molar-refractivity contribution in [1.29, 1.82) is 0 Å². The third kappa shape index (κ3) is 4.51. The maximum atomic E-state index is 6.41. The Hall–Kier alpha value is -0.160. The molecule has 0 aromatic rings. The fourth-order valence-electron chi connectivity index (χ4n) is 4.50. The molecule has 0 aromatic heterocycles. The van der Waals surface area contributed by atoms with E-state index < -0.39 is 0 Å². The highest BCUT2D eigenvalue weighted by Crippen LogP contribution is 2.45. The first kappa shape index (κ1) is 18.6. The lowest BCUT2D eigenvalue weighted by Gasteiger charge is -2.41. The van der Waals surface area contributed by atoms with Gasteiger partial charge in [-0.2, -0.15) is 0 Å². The van der Waals surface area contributed by atoms with Crippen molar-refractivity contribution in [2.75, 3.05) is 32.8 Å². The maximum Gasteiger partial charge on any atom is 0.168 e. The summed E-state index contributed by atoms with van der Waals surface area (Å²) in [5, 5.41) is 0. The normalized spacial score (nSPS) is 38.8. The molecule has 1 saturated carbocycles. The topological polar surface area (TPSA) is 30.9 Å². The molecule has 0 amide bonds. The van der Waals surface area contributed by atoms with Crippen molar-refractivity contribution < 1.29 is 14.2 Å². The molecule has 4 nitrogen and oxygen atoms in total. The van der Waals surface area contributed by atoms with Gasteiger partial charge < -0.3 is 14.2 Å². The van der Waals surface area contributed by atoms with Gasteiger partial charge in [0.25, 0.3) is 0 Å². The van der Waals surface area contributed by atoms with E-state index in [0.29, 0.717) is 11.5 Å². The Morgan fingerprint density at radius 2 is 1.88 bits per heavy atom. The van der Waals surface area contributed by atoms with Gasteiger partial charge in [-0.1, -0.05) is 27.7 Å². The summed E-state index contributed by atoms with van der Waals surface area (Å²) < 4.78 is 18.3. The molecule has 0 radical (unpaired) electrons. The summed E-state index contributed by atoms with van der Waals surface area (Å²) in [6.45, 7) is 14.2. The monoisotopic (exact) mass is 339 g/mol. The summed E-state index contributed by atoms with van der Waals surface area (Å²) in [4.78, 5) is 2.53. The number of ether oxygens (including phenoxy) is 3. The van der Waals surface area contributed by atoms with Crippen molar-refractivity contribution in [2.24, 2.45) is 11.3 Å². The van der Waals surface area contributed by atoms with Crippen LogP contribution in [-0.4, -0.2) is 55.7 Å². The number of hydrogen-bond donors (Lipinski definition) is 0. The molecule has 2 aliphatic heterocycles. The van der Waals surface area contributed by atoms with Crippen LogP contribution in [0.4, 0.5) is 0 Å². The molecule has 0 aromatic carbocycles. The van der Waals surface area contributed by atoms with E-state index in [9.17, 15) is 0 Å². The van der Waals surface area contributed by atoms with E-state index in [1.165, 1.54) is 12.8 Å². The van der Waals surface area contributed by atoms with Crippen LogP contribution in [0.5, 0.6) is 0 Å². The first-order valence-electron chi connectivity index (χ1n) is 10.1. The Kier molecular flexibility index (Phi) is 5.90. The molecule has 2 unspecified atom stereocenters. The van der Waals surface area contributed by atoms with Crippen LogP contribution in [0, 0.1) is 11.3 Å². The molecule has 0 bridgehead atoms. The zero-order valence-electron chi connectivity index (χ0n) is 16.2. The first-order chi connectivity index (χ1) is 11.4. The minimum atomic E-state index is -0.261. The second kappa shape index (κ2) is 7.61. The molecule has 3 rings (SSSR count). The third-order valence-electron chi connectivity index (χ3n) is 6.33. The Morgan fingerprint density at radius 3 is 2.54 bits per heavy atom. The van der Waals surface area contributed by atoms with E-state index in [1.54, 1.807) is 0 Å². The SMILES string of the molecule is CCC1CN(CCC2COC3(CCC(C(C)(C)C)CC3)O2)CCO1. The van der Waals surface area contributed by atoms with E-state index in [1.807, 2.05) is 0 Å². The number of rotatable bonds is 4. The molecule has 1 aliphatic carbocycles. The molecule has 0 N–H and O–H groups in total. The van der Waals surface area contributed by atoms with Crippen LogP contribution >= 0.6 is 0 Å².